The number of benzene rings is 2. The number of H-pyrrole nitrogens is 1. The summed E-state index contributed by atoms with van der Waals surface area (Å²) < 4.78 is 45.1. The van der Waals surface area contributed by atoms with Crippen LogP contribution in [0.2, 0.25) is 0 Å². The Balaban J connectivity index is 1.08. The first-order valence-electron chi connectivity index (χ1n) is 18.1. The van der Waals surface area contributed by atoms with E-state index in [2.05, 4.69) is 15.2 Å². The summed E-state index contributed by atoms with van der Waals surface area (Å²) in [5, 5.41) is 11.7. The normalized spacial score (nSPS) is 16.3. The Morgan fingerprint density at radius 2 is 1.77 bits per heavy atom. The molecule has 6 rings (SSSR count). The highest BCUT2D eigenvalue weighted by molar-refractivity contribution is 5.95. The minimum absolute atomic E-state index is 0.0273. The van der Waals surface area contributed by atoms with Crippen LogP contribution in [0, 0.1) is 25.5 Å². The number of unbranched alkanes of at least 4 members (excludes halogenated alkanes) is 1. The molecular weight excluding hydrogens is 690 g/mol. The minimum atomic E-state index is -0.910. The molecule has 1 saturated heterocycles. The van der Waals surface area contributed by atoms with E-state index in [0.29, 0.717) is 44.8 Å². The molecule has 284 valence electrons. The van der Waals surface area contributed by atoms with Gasteiger partial charge < -0.3 is 29.4 Å². The van der Waals surface area contributed by atoms with Crippen LogP contribution in [0.15, 0.2) is 50.9 Å². The number of aromatic nitrogens is 3. The molecule has 0 radical (unpaired) electrons. The smallest absolute Gasteiger partial charge is 0.343 e. The largest absolute Gasteiger partial charge is 0.459 e. The quantitative estimate of drug-likeness (QED) is 0.121. The first-order chi connectivity index (χ1) is 25.5. The van der Waals surface area contributed by atoms with E-state index in [1.807, 2.05) is 39.0 Å². The van der Waals surface area contributed by atoms with Crippen molar-refractivity contribution in [1.29, 1.82) is 0 Å². The molecule has 0 unspecified atom stereocenters. The van der Waals surface area contributed by atoms with Crippen molar-refractivity contribution in [3.8, 4) is 0 Å². The van der Waals surface area contributed by atoms with Crippen molar-refractivity contribution in [1.82, 2.24) is 19.0 Å². The van der Waals surface area contributed by atoms with Gasteiger partial charge in [0.05, 0.1) is 30.7 Å². The van der Waals surface area contributed by atoms with Crippen LogP contribution in [0.1, 0.15) is 60.1 Å². The second kappa shape index (κ2) is 16.4. The molecule has 2 aromatic carbocycles. The Bertz CT molecular complexity index is 2130. The van der Waals surface area contributed by atoms with Gasteiger partial charge in [-0.3, -0.25) is 24.0 Å². The number of aliphatic hydroxyl groups excluding tert-OH is 1. The van der Waals surface area contributed by atoms with Gasteiger partial charge in [0.25, 0.3) is 5.56 Å². The average molecular weight is 737 g/mol. The van der Waals surface area contributed by atoms with Crippen LogP contribution in [0.25, 0.3) is 10.9 Å². The lowest BCUT2D eigenvalue weighted by Gasteiger charge is -2.41. The zero-order valence-electron chi connectivity index (χ0n) is 30.3. The number of aryl methyl sites for hydroxylation is 2. The first-order valence-corrected chi connectivity index (χ1v) is 18.1. The first kappa shape index (κ1) is 37.9. The van der Waals surface area contributed by atoms with Gasteiger partial charge in [-0.05, 0) is 82.3 Å². The van der Waals surface area contributed by atoms with E-state index >= 15 is 8.78 Å². The zero-order chi connectivity index (χ0) is 37.8. The number of esters is 1. The Hall–Kier alpha value is -4.86. The van der Waals surface area contributed by atoms with Crippen LogP contribution >= 0.6 is 0 Å². The fourth-order valence-corrected chi connectivity index (χ4v) is 6.83. The maximum atomic E-state index is 16.4. The zero-order valence-corrected chi connectivity index (χ0v) is 30.3. The standard InChI is InChI=1S/C38H46F2N6O7/c1-23-6-7-26(18-24(23)2)41-31-20-32(48)45(38(51)42-31)11-5-4-10-43-12-13-44(21-25(43)3)35-30(39)19-28-34(33(35)40)46(27-8-9-27)22-29(36(28)49)37(50)53-17-16-52-15-14-47/h6-7,18-20,22,25,27,41,47H,4-5,8-17,21H2,1-3H3,(H,42,51)/t25-/m0/s1. The number of carbonyl (C=O) groups excluding carboxylic acids is 1. The number of hydrogen-bond acceptors (Lipinski definition) is 10. The molecule has 3 N–H and O–H groups in total. The third-order valence-electron chi connectivity index (χ3n) is 10.0. The number of ether oxygens (including phenoxy) is 2. The van der Waals surface area contributed by atoms with Crippen LogP contribution in [0.3, 0.4) is 0 Å². The van der Waals surface area contributed by atoms with Gasteiger partial charge in [0.1, 0.15) is 29.5 Å². The molecule has 2 aliphatic rings. The molecule has 0 amide bonds. The van der Waals surface area contributed by atoms with Crippen LogP contribution in [0.4, 0.5) is 26.0 Å². The summed E-state index contributed by atoms with van der Waals surface area (Å²) in [6, 6.07) is 7.98. The van der Waals surface area contributed by atoms with Gasteiger partial charge in [0.2, 0.25) is 5.43 Å². The number of carbonyl (C=O) groups is 1. The van der Waals surface area contributed by atoms with Gasteiger partial charge >= 0.3 is 11.7 Å². The summed E-state index contributed by atoms with van der Waals surface area (Å²) in [5.41, 5.74) is 0.749. The topological polar surface area (TPSA) is 151 Å². The number of nitrogens with one attached hydrogen (secondary N) is 2. The number of aromatic amines is 1. The second-order valence-electron chi connectivity index (χ2n) is 13.8. The molecule has 2 aromatic heterocycles. The molecule has 1 atom stereocenters. The molecule has 0 spiro atoms. The van der Waals surface area contributed by atoms with Crippen LogP contribution < -0.4 is 26.9 Å². The van der Waals surface area contributed by atoms with Crippen molar-refractivity contribution in [3.05, 3.63) is 95.9 Å². The number of anilines is 3. The van der Waals surface area contributed by atoms with Crippen LogP contribution in [-0.2, 0) is 16.0 Å². The van der Waals surface area contributed by atoms with Gasteiger partial charge in [-0.15, -0.1) is 0 Å². The maximum Gasteiger partial charge on any atom is 0.343 e. The molecule has 0 bridgehead atoms. The molecular formula is C38H46F2N6O7. The molecule has 1 aliphatic carbocycles. The van der Waals surface area contributed by atoms with Gasteiger partial charge in [0, 0.05) is 56.2 Å². The number of hydrogen-bond donors (Lipinski definition) is 3. The van der Waals surface area contributed by atoms with Crippen molar-refractivity contribution in [2.45, 2.75) is 65.1 Å². The molecule has 4 aromatic rings. The molecule has 1 aliphatic heterocycles. The Morgan fingerprint density at radius 3 is 2.47 bits per heavy atom. The number of piperazine rings is 1. The van der Waals surface area contributed by atoms with E-state index in [-0.39, 0.29) is 67.2 Å². The predicted octanol–water partition coefficient (Wildman–Crippen LogP) is 3.98. The lowest BCUT2D eigenvalue weighted by Crippen LogP contribution is -2.52. The third-order valence-corrected chi connectivity index (χ3v) is 10.0. The van der Waals surface area contributed by atoms with Crippen molar-refractivity contribution in [2.24, 2.45) is 0 Å². The van der Waals surface area contributed by atoms with Crippen LogP contribution in [-0.4, -0.2) is 88.7 Å². The highest BCUT2D eigenvalue weighted by Crippen LogP contribution is 2.40. The van der Waals surface area contributed by atoms with E-state index in [4.69, 9.17) is 14.6 Å². The summed E-state index contributed by atoms with van der Waals surface area (Å²) in [6.45, 7) is 7.88. The van der Waals surface area contributed by atoms with Gasteiger partial charge in [0.15, 0.2) is 5.82 Å². The molecule has 53 heavy (non-hydrogen) atoms. The van der Waals surface area contributed by atoms with E-state index in [0.717, 1.165) is 35.7 Å². The van der Waals surface area contributed by atoms with Crippen molar-refractivity contribution in [3.63, 3.8) is 0 Å². The number of rotatable bonds is 15. The number of halogens is 2. The monoisotopic (exact) mass is 736 g/mol. The SMILES string of the molecule is Cc1ccc(Nc2cc(=O)n(CCCCN3CCN(c4c(F)cc5c(=O)c(C(=O)OCCOCCO)cn(C6CC6)c5c4F)C[C@@H]3C)c(=O)[nH]2)cc1C. The van der Waals surface area contributed by atoms with Crippen LogP contribution in [0.5, 0.6) is 0 Å². The summed E-state index contributed by atoms with van der Waals surface area (Å²) >= 11 is 0. The highest BCUT2D eigenvalue weighted by Gasteiger charge is 2.33. The number of aliphatic hydroxyl groups is 1. The Labute approximate surface area is 304 Å². The average Bonchev–Trinajstić information content (AvgIpc) is 3.96. The lowest BCUT2D eigenvalue weighted by molar-refractivity contribution is 0.0256. The van der Waals surface area contributed by atoms with Gasteiger partial charge in [-0.1, -0.05) is 6.07 Å². The molecule has 13 nitrogen and oxygen atoms in total. The summed E-state index contributed by atoms with van der Waals surface area (Å²) in [4.78, 5) is 58.3. The molecule has 2 fully saturated rings. The Morgan fingerprint density at radius 1 is 1.00 bits per heavy atom. The minimum Gasteiger partial charge on any atom is -0.459 e. The van der Waals surface area contributed by atoms with Crippen molar-refractivity contribution >= 4 is 34.1 Å². The summed E-state index contributed by atoms with van der Waals surface area (Å²) in [5.74, 6) is -2.31. The van der Waals surface area contributed by atoms with E-state index in [1.165, 1.54) is 16.8 Å². The number of pyridine rings is 1. The van der Waals surface area contributed by atoms with E-state index in [9.17, 15) is 19.2 Å². The van der Waals surface area contributed by atoms with Gasteiger partial charge in [-0.2, -0.15) is 0 Å². The van der Waals surface area contributed by atoms with E-state index < -0.39 is 34.3 Å². The van der Waals surface area contributed by atoms with Gasteiger partial charge in [-0.25, -0.2) is 18.4 Å². The fourth-order valence-electron chi connectivity index (χ4n) is 6.83. The Kier molecular flexibility index (Phi) is 11.7. The highest BCUT2D eigenvalue weighted by atomic mass is 19.1. The third kappa shape index (κ3) is 8.53. The molecule has 3 heterocycles. The number of nitrogens with zero attached hydrogens (tertiary/aromatic N) is 4. The van der Waals surface area contributed by atoms with Crippen molar-refractivity contribution in [2.75, 3.05) is 62.8 Å². The molecule has 1 saturated carbocycles. The maximum absolute atomic E-state index is 16.4. The lowest BCUT2D eigenvalue weighted by atomic mass is 10.1. The van der Waals surface area contributed by atoms with Crippen molar-refractivity contribution < 1.29 is 28.2 Å². The second-order valence-corrected chi connectivity index (χ2v) is 13.8. The number of fused-ring (bicyclic) bond motifs is 1. The summed E-state index contributed by atoms with van der Waals surface area (Å²) in [7, 11) is 0. The fraction of sp³-hybridized carbons (Fsp3) is 0.474. The molecule has 15 heteroatoms. The predicted molar refractivity (Wildman–Crippen MR) is 198 cm³/mol. The summed E-state index contributed by atoms with van der Waals surface area (Å²) in [6.07, 6.45) is 4.04. The van der Waals surface area contributed by atoms with E-state index in [1.54, 1.807) is 9.47 Å².